The first-order valence-electron chi connectivity index (χ1n) is 17.7. The van der Waals surface area contributed by atoms with Crippen LogP contribution in [0.3, 0.4) is 0 Å². The van der Waals surface area contributed by atoms with Gasteiger partial charge in [-0.3, -0.25) is 4.79 Å². The minimum atomic E-state index is -1.50. The van der Waals surface area contributed by atoms with Gasteiger partial charge in [-0.15, -0.1) is 0 Å². The predicted molar refractivity (Wildman–Crippen MR) is 170 cm³/mol. The quantitative estimate of drug-likeness (QED) is 0.182. The summed E-state index contributed by atoms with van der Waals surface area (Å²) in [5.74, 6) is 0.141. The maximum atomic E-state index is 13.5. The van der Waals surface area contributed by atoms with Crippen molar-refractivity contribution in [2.24, 2.45) is 39.9 Å². The van der Waals surface area contributed by atoms with E-state index in [9.17, 15) is 40.5 Å². The molecule has 10 heteroatoms. The van der Waals surface area contributed by atoms with Crippen molar-refractivity contribution in [3.8, 4) is 0 Å². The van der Waals surface area contributed by atoms with Crippen molar-refractivity contribution in [1.82, 2.24) is 0 Å². The zero-order valence-corrected chi connectivity index (χ0v) is 28.7. The molecule has 0 amide bonds. The molecule has 7 N–H and O–H groups in total. The van der Waals surface area contributed by atoms with Crippen LogP contribution in [0.4, 0.5) is 0 Å². The van der Waals surface area contributed by atoms with Crippen LogP contribution in [0.15, 0.2) is 11.1 Å². The third-order valence-corrected chi connectivity index (χ3v) is 13.8. The molecule has 0 aromatic carbocycles. The van der Waals surface area contributed by atoms with Gasteiger partial charge in [0.2, 0.25) is 0 Å². The lowest BCUT2D eigenvalue weighted by Crippen LogP contribution is -2.60. The van der Waals surface area contributed by atoms with E-state index in [2.05, 4.69) is 27.7 Å². The molecule has 4 aliphatic carbocycles. The summed E-state index contributed by atoms with van der Waals surface area (Å²) in [5, 5.41) is 72.7. The lowest BCUT2D eigenvalue weighted by molar-refractivity contribution is -0.318. The van der Waals surface area contributed by atoms with Gasteiger partial charge in [-0.1, -0.05) is 38.8 Å². The smallest absolute Gasteiger partial charge is 0.310 e. The van der Waals surface area contributed by atoms with Crippen molar-refractivity contribution in [2.45, 2.75) is 161 Å². The number of carboxylic acid groups (broad SMARTS) is 1. The Morgan fingerprint density at radius 2 is 1.70 bits per heavy atom. The first kappa shape index (κ1) is 36.2. The summed E-state index contributed by atoms with van der Waals surface area (Å²) >= 11 is 0. The van der Waals surface area contributed by atoms with Crippen molar-refractivity contribution >= 4 is 5.97 Å². The molecule has 13 atom stereocenters. The number of allylic oxidation sites excluding steroid dienone is 1. The van der Waals surface area contributed by atoms with Gasteiger partial charge in [0.25, 0.3) is 0 Å². The van der Waals surface area contributed by atoms with Crippen molar-refractivity contribution in [1.29, 1.82) is 0 Å². The van der Waals surface area contributed by atoms with Crippen LogP contribution in [-0.2, 0) is 14.3 Å². The lowest BCUT2D eigenvalue weighted by Gasteiger charge is -2.56. The summed E-state index contributed by atoms with van der Waals surface area (Å²) in [5.41, 5.74) is -0.0509. The van der Waals surface area contributed by atoms with Gasteiger partial charge in [-0.05, 0) is 114 Å². The first-order valence-corrected chi connectivity index (χ1v) is 17.7. The van der Waals surface area contributed by atoms with Gasteiger partial charge in [0.1, 0.15) is 24.4 Å². The SMILES string of the molecule is C[C@H](CC[C@H](O)C(C)(C)O)[C@H]1CC[C@@]2(C(=O)O)[C@@H]3CCC4=C(CC[C@@H](O[C@@H]5O[C@H](CO)[C@@H](O)[C@H](O)[C@H]5O)C4(C)C)C[C@H]3CC[C@]12C. The van der Waals surface area contributed by atoms with E-state index in [1.807, 2.05) is 0 Å². The van der Waals surface area contributed by atoms with Crippen LogP contribution < -0.4 is 0 Å². The minimum absolute atomic E-state index is 0.0501. The van der Waals surface area contributed by atoms with Crippen LogP contribution in [0.1, 0.15) is 112 Å². The molecule has 5 rings (SSSR count). The highest BCUT2D eigenvalue weighted by Gasteiger charge is 2.68. The van der Waals surface area contributed by atoms with Crippen LogP contribution >= 0.6 is 0 Å². The highest BCUT2D eigenvalue weighted by Crippen LogP contribution is 2.71. The zero-order chi connectivity index (χ0) is 34.0. The summed E-state index contributed by atoms with van der Waals surface area (Å²) in [6.45, 7) is 11.4. The molecule has 46 heavy (non-hydrogen) atoms. The molecule has 0 aromatic heterocycles. The van der Waals surface area contributed by atoms with Crippen LogP contribution in [0.2, 0.25) is 0 Å². The topological polar surface area (TPSA) is 177 Å². The Balaban J connectivity index is 1.34. The number of hydrogen-bond acceptors (Lipinski definition) is 9. The minimum Gasteiger partial charge on any atom is -0.481 e. The maximum absolute atomic E-state index is 13.5. The van der Waals surface area contributed by atoms with Gasteiger partial charge >= 0.3 is 5.97 Å². The Labute approximate surface area is 274 Å². The van der Waals surface area contributed by atoms with Crippen LogP contribution in [0.25, 0.3) is 0 Å². The lowest BCUT2D eigenvalue weighted by atomic mass is 9.47. The molecule has 0 bridgehead atoms. The van der Waals surface area contributed by atoms with E-state index < -0.39 is 65.8 Å². The number of aliphatic hydroxyl groups is 6. The van der Waals surface area contributed by atoms with Crippen molar-refractivity contribution < 1.29 is 50.0 Å². The van der Waals surface area contributed by atoms with Gasteiger partial charge in [0.15, 0.2) is 6.29 Å². The van der Waals surface area contributed by atoms with Crippen LogP contribution in [-0.4, -0.2) is 96.8 Å². The number of hydrogen-bond donors (Lipinski definition) is 7. The summed E-state index contributed by atoms with van der Waals surface area (Å²) < 4.78 is 12.0. The standard InChI is InChI=1S/C36H60O10/c1-19(7-11-26(38)34(4,5)44)22-14-16-36(32(42)43)24-10-9-23-20(17-21(24)13-15-35(22,36)6)8-12-27(33(23,2)3)46-31-30(41)29(40)28(39)25(18-37)45-31/h19,21-22,24-31,37-41,44H,7-18H2,1-6H3,(H,42,43)/t19-,21-,22-,24-,25-,26+,27-,28-,29+,30-,31+,35-,36+/m1/s1. The molecule has 1 aliphatic heterocycles. The summed E-state index contributed by atoms with van der Waals surface area (Å²) in [6.07, 6.45) is 0.828. The summed E-state index contributed by atoms with van der Waals surface area (Å²) in [4.78, 5) is 13.5. The second-order valence-corrected chi connectivity index (χ2v) is 16.9. The van der Waals surface area contributed by atoms with Gasteiger partial charge in [0, 0.05) is 5.41 Å². The summed E-state index contributed by atoms with van der Waals surface area (Å²) in [7, 11) is 0. The Morgan fingerprint density at radius 3 is 2.33 bits per heavy atom. The van der Waals surface area contributed by atoms with E-state index in [0.29, 0.717) is 25.2 Å². The molecule has 3 fully saturated rings. The number of carboxylic acids is 1. The van der Waals surface area contributed by atoms with Crippen molar-refractivity contribution in [2.75, 3.05) is 6.61 Å². The third-order valence-electron chi connectivity index (χ3n) is 13.8. The molecule has 0 aromatic rings. The van der Waals surface area contributed by atoms with Crippen LogP contribution in [0.5, 0.6) is 0 Å². The highest BCUT2D eigenvalue weighted by molar-refractivity contribution is 5.77. The average Bonchev–Trinajstić information content (AvgIpc) is 3.17. The number of aliphatic carboxylic acids is 1. The Bertz CT molecular complexity index is 1140. The number of fused-ring (bicyclic) bond motifs is 3. The molecular formula is C36H60O10. The molecule has 10 nitrogen and oxygen atoms in total. The van der Waals surface area contributed by atoms with Gasteiger partial charge < -0.3 is 45.2 Å². The van der Waals surface area contributed by atoms with Crippen molar-refractivity contribution in [3.05, 3.63) is 11.1 Å². The Kier molecular flexibility index (Phi) is 10.2. The summed E-state index contributed by atoms with van der Waals surface area (Å²) in [6, 6.07) is 0. The van der Waals surface area contributed by atoms with Crippen molar-refractivity contribution in [3.63, 3.8) is 0 Å². The van der Waals surface area contributed by atoms with E-state index >= 15 is 0 Å². The monoisotopic (exact) mass is 652 g/mol. The van der Waals surface area contributed by atoms with E-state index in [4.69, 9.17) is 9.47 Å². The van der Waals surface area contributed by atoms with E-state index in [0.717, 1.165) is 51.4 Å². The average molecular weight is 653 g/mol. The van der Waals surface area contributed by atoms with E-state index in [1.165, 1.54) is 11.1 Å². The number of ether oxygens (including phenoxy) is 2. The van der Waals surface area contributed by atoms with E-state index in [1.54, 1.807) is 13.8 Å². The predicted octanol–water partition coefficient (Wildman–Crippen LogP) is 3.53. The molecule has 0 unspecified atom stereocenters. The van der Waals surface area contributed by atoms with Crippen LogP contribution in [0, 0.1) is 39.9 Å². The fourth-order valence-corrected chi connectivity index (χ4v) is 10.9. The Hall–Kier alpha value is -1.11. The van der Waals surface area contributed by atoms with Gasteiger partial charge in [-0.25, -0.2) is 0 Å². The Morgan fingerprint density at radius 1 is 1.00 bits per heavy atom. The van der Waals surface area contributed by atoms with Gasteiger partial charge in [0.05, 0.1) is 29.8 Å². The normalized spacial score (nSPS) is 44.0. The third kappa shape index (κ3) is 5.91. The zero-order valence-electron chi connectivity index (χ0n) is 28.7. The van der Waals surface area contributed by atoms with E-state index in [-0.39, 0.29) is 29.3 Å². The molecule has 5 aliphatic rings. The second-order valence-electron chi connectivity index (χ2n) is 16.9. The van der Waals surface area contributed by atoms with Gasteiger partial charge in [-0.2, -0.15) is 0 Å². The molecule has 2 saturated carbocycles. The fourth-order valence-electron chi connectivity index (χ4n) is 10.9. The molecule has 264 valence electrons. The first-order chi connectivity index (χ1) is 21.4. The highest BCUT2D eigenvalue weighted by atomic mass is 16.7. The second kappa shape index (κ2) is 13.0. The molecule has 0 radical (unpaired) electrons. The largest absolute Gasteiger partial charge is 0.481 e. The maximum Gasteiger partial charge on any atom is 0.310 e. The number of carbonyl (C=O) groups is 1. The molecular weight excluding hydrogens is 592 g/mol. The molecule has 1 saturated heterocycles. The molecule has 1 heterocycles. The fraction of sp³-hybridized carbons (Fsp3) is 0.917. The molecule has 0 spiro atoms. The number of rotatable bonds is 9. The number of aliphatic hydroxyl groups excluding tert-OH is 5.